The van der Waals surface area contributed by atoms with Gasteiger partial charge < -0.3 is 5.32 Å². The Morgan fingerprint density at radius 1 is 1.46 bits per heavy atom. The SMILES string of the molecule is CSC(C)C(=O)NC(=O)NC1CC1. The van der Waals surface area contributed by atoms with Gasteiger partial charge in [-0.1, -0.05) is 0 Å². The van der Waals surface area contributed by atoms with Crippen LogP contribution in [0.1, 0.15) is 19.8 Å². The quantitative estimate of drug-likeness (QED) is 0.709. The van der Waals surface area contributed by atoms with Crippen LogP contribution in [0.4, 0.5) is 4.79 Å². The maximum Gasteiger partial charge on any atom is 0.321 e. The summed E-state index contributed by atoms with van der Waals surface area (Å²) in [5.41, 5.74) is 0. The minimum atomic E-state index is -0.367. The highest BCUT2D eigenvalue weighted by Crippen LogP contribution is 2.18. The first-order valence-electron chi connectivity index (χ1n) is 4.27. The summed E-state index contributed by atoms with van der Waals surface area (Å²) in [6, 6.07) is -0.0780. The Balaban J connectivity index is 2.21. The molecule has 1 aliphatic carbocycles. The summed E-state index contributed by atoms with van der Waals surface area (Å²) in [7, 11) is 0. The number of imide groups is 1. The molecular weight excluding hydrogens is 188 g/mol. The molecule has 1 fully saturated rings. The second kappa shape index (κ2) is 4.50. The van der Waals surface area contributed by atoms with Crippen LogP contribution in [0.5, 0.6) is 0 Å². The molecular formula is C8H14N2O2S. The van der Waals surface area contributed by atoms with E-state index in [4.69, 9.17) is 0 Å². The number of amides is 3. The van der Waals surface area contributed by atoms with Crippen molar-refractivity contribution in [2.75, 3.05) is 6.26 Å². The third-order valence-electron chi connectivity index (χ3n) is 1.87. The first kappa shape index (κ1) is 10.4. The molecule has 1 atom stereocenters. The largest absolute Gasteiger partial charge is 0.335 e. The predicted octanol–water partition coefficient (Wildman–Crippen LogP) is 0.726. The number of rotatable bonds is 3. The van der Waals surface area contributed by atoms with E-state index in [2.05, 4.69) is 10.6 Å². The van der Waals surface area contributed by atoms with Crippen molar-refractivity contribution in [2.45, 2.75) is 31.1 Å². The monoisotopic (exact) mass is 202 g/mol. The maximum atomic E-state index is 11.2. The molecule has 1 unspecified atom stereocenters. The smallest absolute Gasteiger partial charge is 0.321 e. The summed E-state index contributed by atoms with van der Waals surface area (Å²) in [4.78, 5) is 22.3. The molecule has 5 heteroatoms. The van der Waals surface area contributed by atoms with Gasteiger partial charge in [0.2, 0.25) is 5.91 Å². The number of carbonyl (C=O) groups excluding carboxylic acids is 2. The van der Waals surface area contributed by atoms with E-state index < -0.39 is 0 Å². The minimum absolute atomic E-state index is 0.176. The molecule has 1 rings (SSSR count). The van der Waals surface area contributed by atoms with Crippen molar-refractivity contribution in [1.29, 1.82) is 0 Å². The summed E-state index contributed by atoms with van der Waals surface area (Å²) in [6.45, 7) is 1.77. The average molecular weight is 202 g/mol. The zero-order chi connectivity index (χ0) is 9.84. The van der Waals surface area contributed by atoms with Crippen molar-refractivity contribution in [2.24, 2.45) is 0 Å². The fourth-order valence-corrected chi connectivity index (χ4v) is 1.04. The molecule has 0 aromatic heterocycles. The minimum Gasteiger partial charge on any atom is -0.335 e. The van der Waals surface area contributed by atoms with Crippen molar-refractivity contribution in [3.8, 4) is 0 Å². The summed E-state index contributed by atoms with van der Waals surface area (Å²) < 4.78 is 0. The van der Waals surface area contributed by atoms with Crippen molar-refractivity contribution in [3.63, 3.8) is 0 Å². The fraction of sp³-hybridized carbons (Fsp3) is 0.750. The molecule has 0 radical (unpaired) electrons. The van der Waals surface area contributed by atoms with Crippen LogP contribution in [0, 0.1) is 0 Å². The van der Waals surface area contributed by atoms with Crippen LogP contribution >= 0.6 is 11.8 Å². The van der Waals surface area contributed by atoms with E-state index >= 15 is 0 Å². The van der Waals surface area contributed by atoms with Crippen LogP contribution < -0.4 is 10.6 Å². The van der Waals surface area contributed by atoms with E-state index in [0.29, 0.717) is 0 Å². The highest BCUT2D eigenvalue weighted by Gasteiger charge is 2.24. The lowest BCUT2D eigenvalue weighted by Crippen LogP contribution is -2.43. The van der Waals surface area contributed by atoms with Gasteiger partial charge in [0, 0.05) is 6.04 Å². The molecule has 74 valence electrons. The number of thioether (sulfide) groups is 1. The fourth-order valence-electron chi connectivity index (χ4n) is 0.770. The van der Waals surface area contributed by atoms with E-state index in [0.717, 1.165) is 12.8 Å². The lowest BCUT2D eigenvalue weighted by Gasteiger charge is -2.08. The van der Waals surface area contributed by atoms with Gasteiger partial charge in [0.05, 0.1) is 5.25 Å². The van der Waals surface area contributed by atoms with E-state index in [-0.39, 0.29) is 23.2 Å². The molecule has 2 N–H and O–H groups in total. The zero-order valence-electron chi connectivity index (χ0n) is 7.79. The molecule has 0 aromatic carbocycles. The van der Waals surface area contributed by atoms with Gasteiger partial charge in [-0.3, -0.25) is 10.1 Å². The van der Waals surface area contributed by atoms with Crippen LogP contribution in [0.25, 0.3) is 0 Å². The van der Waals surface area contributed by atoms with Gasteiger partial charge in [0.25, 0.3) is 0 Å². The first-order valence-corrected chi connectivity index (χ1v) is 5.56. The molecule has 0 bridgehead atoms. The van der Waals surface area contributed by atoms with Crippen LogP contribution in [-0.2, 0) is 4.79 Å². The van der Waals surface area contributed by atoms with Gasteiger partial charge >= 0.3 is 6.03 Å². The van der Waals surface area contributed by atoms with Crippen molar-refractivity contribution in [1.82, 2.24) is 10.6 Å². The topological polar surface area (TPSA) is 58.2 Å². The number of hydrogen-bond acceptors (Lipinski definition) is 3. The third kappa shape index (κ3) is 3.67. The molecule has 0 spiro atoms. The Hall–Kier alpha value is -0.710. The second-order valence-electron chi connectivity index (χ2n) is 3.11. The molecule has 0 aliphatic heterocycles. The molecule has 0 aromatic rings. The standard InChI is InChI=1S/C8H14N2O2S/c1-5(13-2)7(11)10-8(12)9-6-3-4-6/h5-6H,3-4H2,1-2H3,(H2,9,10,11,12). The maximum absolute atomic E-state index is 11.2. The van der Waals surface area contributed by atoms with Crippen molar-refractivity contribution in [3.05, 3.63) is 0 Å². The van der Waals surface area contributed by atoms with Crippen LogP contribution in [-0.4, -0.2) is 29.5 Å². The lowest BCUT2D eigenvalue weighted by molar-refractivity contribution is -0.119. The van der Waals surface area contributed by atoms with Gasteiger partial charge in [-0.05, 0) is 26.0 Å². The van der Waals surface area contributed by atoms with Gasteiger partial charge in [0.1, 0.15) is 0 Å². The molecule has 13 heavy (non-hydrogen) atoms. The van der Waals surface area contributed by atoms with Gasteiger partial charge in [-0.2, -0.15) is 11.8 Å². The van der Waals surface area contributed by atoms with Crippen LogP contribution in [0.15, 0.2) is 0 Å². The number of nitrogens with one attached hydrogen (secondary N) is 2. The van der Waals surface area contributed by atoms with Gasteiger partial charge in [0.15, 0.2) is 0 Å². The Morgan fingerprint density at radius 3 is 2.54 bits per heavy atom. The van der Waals surface area contributed by atoms with Gasteiger partial charge in [-0.15, -0.1) is 0 Å². The Labute approximate surface area is 81.8 Å². The van der Waals surface area contributed by atoms with Crippen molar-refractivity contribution >= 4 is 23.7 Å². The number of urea groups is 1. The molecule has 3 amide bonds. The number of hydrogen-bond donors (Lipinski definition) is 2. The summed E-state index contributed by atoms with van der Waals surface area (Å²) in [5.74, 6) is -0.231. The van der Waals surface area contributed by atoms with E-state index in [1.165, 1.54) is 11.8 Å². The Kier molecular flexibility index (Phi) is 3.59. The second-order valence-corrected chi connectivity index (χ2v) is 4.29. The highest BCUT2D eigenvalue weighted by atomic mass is 32.2. The van der Waals surface area contributed by atoms with E-state index in [9.17, 15) is 9.59 Å². The Morgan fingerprint density at radius 2 is 2.08 bits per heavy atom. The van der Waals surface area contributed by atoms with E-state index in [1.807, 2.05) is 6.26 Å². The normalized spacial score (nSPS) is 17.7. The third-order valence-corrected chi connectivity index (χ3v) is 2.79. The number of carbonyl (C=O) groups is 2. The molecule has 0 heterocycles. The average Bonchev–Trinajstić information content (AvgIpc) is 2.86. The van der Waals surface area contributed by atoms with E-state index in [1.54, 1.807) is 6.92 Å². The molecule has 0 saturated heterocycles. The van der Waals surface area contributed by atoms with Crippen LogP contribution in [0.3, 0.4) is 0 Å². The lowest BCUT2D eigenvalue weighted by atomic mass is 10.4. The summed E-state index contributed by atoms with van der Waals surface area (Å²) in [6.07, 6.45) is 3.89. The highest BCUT2D eigenvalue weighted by molar-refractivity contribution is 7.99. The van der Waals surface area contributed by atoms with Crippen LogP contribution in [0.2, 0.25) is 0 Å². The first-order chi connectivity index (χ1) is 6.13. The Bertz CT molecular complexity index is 216. The summed E-state index contributed by atoms with van der Waals surface area (Å²) >= 11 is 1.42. The summed E-state index contributed by atoms with van der Waals surface area (Å²) in [5, 5.41) is 4.80. The molecule has 1 saturated carbocycles. The van der Waals surface area contributed by atoms with Gasteiger partial charge in [-0.25, -0.2) is 4.79 Å². The predicted molar refractivity (Wildman–Crippen MR) is 52.7 cm³/mol. The molecule has 1 aliphatic rings. The molecule has 4 nitrogen and oxygen atoms in total. The van der Waals surface area contributed by atoms with Crippen molar-refractivity contribution < 1.29 is 9.59 Å². The zero-order valence-corrected chi connectivity index (χ0v) is 8.61.